The largest absolute Gasteiger partial charge is 0.506 e. The number of hydrogen-bond acceptors (Lipinski definition) is 3. The molecule has 0 bridgehead atoms. The summed E-state index contributed by atoms with van der Waals surface area (Å²) in [6.07, 6.45) is 2.57. The Bertz CT molecular complexity index is 540. The van der Waals surface area contributed by atoms with Gasteiger partial charge in [-0.1, -0.05) is 35.3 Å². The number of aromatic hydroxyl groups is 1. The fraction of sp³-hybridized carbons (Fsp3) is 0.273. The van der Waals surface area contributed by atoms with Crippen LogP contribution >= 0.6 is 23.2 Å². The lowest BCUT2D eigenvalue weighted by Crippen LogP contribution is -2.01. The molecule has 0 fully saturated rings. The summed E-state index contributed by atoms with van der Waals surface area (Å²) < 4.78 is 1.76. The number of rotatable bonds is 3. The summed E-state index contributed by atoms with van der Waals surface area (Å²) >= 11 is 12.0. The predicted octanol–water partition coefficient (Wildman–Crippen LogP) is 3.37. The van der Waals surface area contributed by atoms with E-state index in [4.69, 9.17) is 23.2 Å². The number of phenolic OH excluding ortho intramolecular Hbond substituents is 1. The SMILES string of the molecule is CCCn1nncc1-c1cc(Cl)c(O)cc1Cl. The highest BCUT2D eigenvalue weighted by atomic mass is 35.5. The van der Waals surface area contributed by atoms with Gasteiger partial charge in [0.05, 0.1) is 21.9 Å². The van der Waals surface area contributed by atoms with E-state index in [0.717, 1.165) is 18.7 Å². The molecule has 6 heteroatoms. The van der Waals surface area contributed by atoms with Crippen molar-refractivity contribution in [3.05, 3.63) is 28.4 Å². The highest BCUT2D eigenvalue weighted by Gasteiger charge is 2.13. The Hall–Kier alpha value is -1.26. The molecule has 90 valence electrons. The van der Waals surface area contributed by atoms with Crippen LogP contribution in [0, 0.1) is 0 Å². The van der Waals surface area contributed by atoms with Crippen LogP contribution in [0.3, 0.4) is 0 Å². The zero-order chi connectivity index (χ0) is 12.4. The van der Waals surface area contributed by atoms with Gasteiger partial charge in [0.1, 0.15) is 5.75 Å². The lowest BCUT2D eigenvalue weighted by atomic mass is 10.1. The monoisotopic (exact) mass is 271 g/mol. The molecule has 0 aliphatic heterocycles. The molecule has 0 saturated heterocycles. The number of aromatic nitrogens is 3. The van der Waals surface area contributed by atoms with Crippen molar-refractivity contribution in [2.75, 3.05) is 0 Å². The molecule has 0 aliphatic carbocycles. The van der Waals surface area contributed by atoms with Crippen LogP contribution in [-0.2, 0) is 6.54 Å². The maximum absolute atomic E-state index is 9.44. The van der Waals surface area contributed by atoms with Crippen molar-refractivity contribution in [3.63, 3.8) is 0 Å². The molecule has 0 radical (unpaired) electrons. The Kier molecular flexibility index (Phi) is 3.54. The van der Waals surface area contributed by atoms with Crippen LogP contribution in [0.4, 0.5) is 0 Å². The maximum Gasteiger partial charge on any atom is 0.135 e. The van der Waals surface area contributed by atoms with Crippen LogP contribution in [-0.4, -0.2) is 20.1 Å². The molecule has 0 amide bonds. The van der Waals surface area contributed by atoms with Crippen LogP contribution in [0.2, 0.25) is 10.0 Å². The van der Waals surface area contributed by atoms with Crippen LogP contribution in [0.15, 0.2) is 18.3 Å². The summed E-state index contributed by atoms with van der Waals surface area (Å²) in [4.78, 5) is 0. The van der Waals surface area contributed by atoms with Crippen molar-refractivity contribution in [3.8, 4) is 17.0 Å². The third-order valence-electron chi connectivity index (χ3n) is 2.37. The Morgan fingerprint density at radius 3 is 2.76 bits per heavy atom. The van der Waals surface area contributed by atoms with E-state index in [2.05, 4.69) is 17.2 Å². The van der Waals surface area contributed by atoms with Crippen molar-refractivity contribution < 1.29 is 5.11 Å². The first kappa shape index (κ1) is 12.2. The molecule has 0 aliphatic rings. The second-order valence-corrected chi connectivity index (χ2v) is 4.44. The highest BCUT2D eigenvalue weighted by Crippen LogP contribution is 2.35. The summed E-state index contributed by atoms with van der Waals surface area (Å²) in [6, 6.07) is 3.03. The molecule has 0 unspecified atom stereocenters. The molecule has 1 heterocycles. The summed E-state index contributed by atoms with van der Waals surface area (Å²) in [5, 5.41) is 18.0. The topological polar surface area (TPSA) is 50.9 Å². The van der Waals surface area contributed by atoms with Crippen molar-refractivity contribution in [1.82, 2.24) is 15.0 Å². The molecule has 2 aromatic rings. The van der Waals surface area contributed by atoms with Crippen molar-refractivity contribution in [2.24, 2.45) is 0 Å². The van der Waals surface area contributed by atoms with E-state index in [1.165, 1.54) is 6.07 Å². The minimum Gasteiger partial charge on any atom is -0.506 e. The number of halogens is 2. The minimum atomic E-state index is -0.0325. The van der Waals surface area contributed by atoms with Gasteiger partial charge in [-0.05, 0) is 12.5 Å². The lowest BCUT2D eigenvalue weighted by Gasteiger charge is -2.08. The van der Waals surface area contributed by atoms with Gasteiger partial charge in [0.15, 0.2) is 0 Å². The van der Waals surface area contributed by atoms with Crippen LogP contribution in [0.1, 0.15) is 13.3 Å². The van der Waals surface area contributed by atoms with Gasteiger partial charge in [0.2, 0.25) is 0 Å². The summed E-state index contributed by atoms with van der Waals surface area (Å²) in [5.41, 5.74) is 1.51. The smallest absolute Gasteiger partial charge is 0.135 e. The van der Waals surface area contributed by atoms with E-state index < -0.39 is 0 Å². The molecular weight excluding hydrogens is 261 g/mol. The number of phenols is 1. The van der Waals surface area contributed by atoms with Gasteiger partial charge >= 0.3 is 0 Å². The van der Waals surface area contributed by atoms with E-state index >= 15 is 0 Å². The Balaban J connectivity index is 2.52. The predicted molar refractivity (Wildman–Crippen MR) is 67.4 cm³/mol. The summed E-state index contributed by atoms with van der Waals surface area (Å²) in [6.45, 7) is 2.81. The van der Waals surface area contributed by atoms with E-state index in [0.29, 0.717) is 10.6 Å². The summed E-state index contributed by atoms with van der Waals surface area (Å²) in [5.74, 6) is -0.0325. The second kappa shape index (κ2) is 4.94. The number of nitrogens with zero attached hydrogens (tertiary/aromatic N) is 3. The number of benzene rings is 1. The third kappa shape index (κ3) is 2.37. The molecular formula is C11H11Cl2N3O. The van der Waals surface area contributed by atoms with E-state index in [1.807, 2.05) is 0 Å². The molecule has 2 rings (SSSR count). The molecule has 0 saturated carbocycles. The normalized spacial score (nSPS) is 10.8. The Morgan fingerprint density at radius 2 is 2.06 bits per heavy atom. The molecule has 1 aromatic heterocycles. The average Bonchev–Trinajstić information content (AvgIpc) is 2.72. The third-order valence-corrected chi connectivity index (χ3v) is 2.98. The zero-order valence-electron chi connectivity index (χ0n) is 9.19. The minimum absolute atomic E-state index is 0.0325. The molecule has 17 heavy (non-hydrogen) atoms. The summed E-state index contributed by atoms with van der Waals surface area (Å²) in [7, 11) is 0. The number of hydrogen-bond donors (Lipinski definition) is 1. The van der Waals surface area contributed by atoms with E-state index in [1.54, 1.807) is 16.9 Å². The zero-order valence-corrected chi connectivity index (χ0v) is 10.7. The van der Waals surface area contributed by atoms with Gasteiger partial charge in [-0.2, -0.15) is 0 Å². The van der Waals surface area contributed by atoms with Crippen LogP contribution in [0.25, 0.3) is 11.3 Å². The van der Waals surface area contributed by atoms with Gasteiger partial charge in [-0.3, -0.25) is 0 Å². The van der Waals surface area contributed by atoms with Gasteiger partial charge < -0.3 is 5.11 Å². The number of aryl methyl sites for hydroxylation is 1. The maximum atomic E-state index is 9.44. The van der Waals surface area contributed by atoms with Crippen LogP contribution < -0.4 is 0 Å². The van der Waals surface area contributed by atoms with Gasteiger partial charge in [0.25, 0.3) is 0 Å². The van der Waals surface area contributed by atoms with Crippen molar-refractivity contribution in [2.45, 2.75) is 19.9 Å². The molecule has 0 atom stereocenters. The van der Waals surface area contributed by atoms with Crippen molar-refractivity contribution in [1.29, 1.82) is 0 Å². The average molecular weight is 272 g/mol. The Labute approximate surface area is 109 Å². The molecule has 1 N–H and O–H groups in total. The first-order valence-electron chi connectivity index (χ1n) is 5.20. The standard InChI is InChI=1S/C11H11Cl2N3O/c1-2-3-16-10(6-14-15-16)7-4-9(13)11(17)5-8(7)12/h4-6,17H,2-3H2,1H3. The van der Waals surface area contributed by atoms with Gasteiger partial charge in [-0.25, -0.2) is 4.68 Å². The fourth-order valence-corrected chi connectivity index (χ4v) is 1.99. The molecule has 1 aromatic carbocycles. The van der Waals surface area contributed by atoms with Crippen molar-refractivity contribution >= 4 is 23.2 Å². The molecule has 4 nitrogen and oxygen atoms in total. The highest BCUT2D eigenvalue weighted by molar-refractivity contribution is 6.36. The quantitative estimate of drug-likeness (QED) is 0.931. The van der Waals surface area contributed by atoms with E-state index in [-0.39, 0.29) is 10.8 Å². The van der Waals surface area contributed by atoms with Gasteiger partial charge in [-0.15, -0.1) is 5.10 Å². The first-order valence-corrected chi connectivity index (χ1v) is 5.96. The van der Waals surface area contributed by atoms with E-state index in [9.17, 15) is 5.11 Å². The first-order chi connectivity index (χ1) is 8.13. The lowest BCUT2D eigenvalue weighted by molar-refractivity contribution is 0.475. The second-order valence-electron chi connectivity index (χ2n) is 3.63. The molecule has 0 spiro atoms. The van der Waals surface area contributed by atoms with Crippen LogP contribution in [0.5, 0.6) is 5.75 Å². The Morgan fingerprint density at radius 1 is 1.29 bits per heavy atom. The fourth-order valence-electron chi connectivity index (χ4n) is 1.58. The van der Waals surface area contributed by atoms with Gasteiger partial charge in [0, 0.05) is 18.2 Å².